The fourth-order valence-corrected chi connectivity index (χ4v) is 3.96. The quantitative estimate of drug-likeness (QED) is 0.710. The number of methoxy groups -OCH3 is 1. The molecule has 1 saturated heterocycles. The van der Waals surface area contributed by atoms with E-state index in [1.54, 1.807) is 19.9 Å². The lowest BCUT2D eigenvalue weighted by molar-refractivity contribution is -0.137. The maximum Gasteiger partial charge on any atom is 0.416 e. The third-order valence-electron chi connectivity index (χ3n) is 5.64. The van der Waals surface area contributed by atoms with Crippen molar-refractivity contribution in [1.82, 2.24) is 4.90 Å². The third kappa shape index (κ3) is 4.12. The van der Waals surface area contributed by atoms with Crippen LogP contribution in [0.2, 0.25) is 0 Å². The summed E-state index contributed by atoms with van der Waals surface area (Å²) in [5, 5.41) is 20.3. The van der Waals surface area contributed by atoms with Gasteiger partial charge in [0.05, 0.1) is 18.2 Å². The summed E-state index contributed by atoms with van der Waals surface area (Å²) in [6.07, 6.45) is -5.40. The molecule has 0 spiro atoms. The molecule has 2 heterocycles. The van der Waals surface area contributed by atoms with E-state index in [9.17, 15) is 28.2 Å². The van der Waals surface area contributed by atoms with Crippen molar-refractivity contribution in [2.45, 2.75) is 39.0 Å². The van der Waals surface area contributed by atoms with Crippen LogP contribution >= 0.6 is 0 Å². The Bertz CT molecular complexity index is 939. The fraction of sp³-hybridized carbons (Fsp3) is 0.476. The number of alkyl halides is 3. The van der Waals surface area contributed by atoms with Crippen LogP contribution in [-0.2, 0) is 6.18 Å². The van der Waals surface area contributed by atoms with Crippen LogP contribution < -0.4 is 4.74 Å². The van der Waals surface area contributed by atoms with Crippen LogP contribution in [0, 0.1) is 12.3 Å². The van der Waals surface area contributed by atoms with Crippen LogP contribution in [0.4, 0.5) is 18.0 Å². The molecular weight excluding hydrogens is 403 g/mol. The van der Waals surface area contributed by atoms with Crippen molar-refractivity contribution in [1.29, 1.82) is 0 Å². The lowest BCUT2D eigenvalue weighted by atomic mass is 9.76. The summed E-state index contributed by atoms with van der Waals surface area (Å²) in [5.74, 6) is 0.535. The molecule has 2 atom stereocenters. The molecule has 0 bridgehead atoms. The molecule has 1 fully saturated rings. The number of benzene rings is 1. The van der Waals surface area contributed by atoms with Crippen LogP contribution in [0.5, 0.6) is 5.75 Å². The molecule has 1 aliphatic heterocycles. The summed E-state index contributed by atoms with van der Waals surface area (Å²) < 4.78 is 50.0. The van der Waals surface area contributed by atoms with Gasteiger partial charge < -0.3 is 24.3 Å². The first-order valence-electron chi connectivity index (χ1n) is 9.48. The van der Waals surface area contributed by atoms with Gasteiger partial charge in [0.15, 0.2) is 0 Å². The van der Waals surface area contributed by atoms with Crippen LogP contribution in [0.1, 0.15) is 42.8 Å². The lowest BCUT2D eigenvalue weighted by Gasteiger charge is -2.41. The van der Waals surface area contributed by atoms with E-state index in [1.165, 1.54) is 18.1 Å². The van der Waals surface area contributed by atoms with Crippen molar-refractivity contribution in [3.8, 4) is 17.1 Å². The number of aliphatic hydroxyl groups excluding tert-OH is 1. The number of aryl methyl sites for hydroxylation is 1. The lowest BCUT2D eigenvalue weighted by Crippen LogP contribution is -2.46. The standard InChI is InChI=1S/C21H24F3NO5/c1-12-9-16(18(26)20(2)7-4-8-25(11-20)19(27)28)30-17(12)14-6-5-13(21(22,23)24)10-15(14)29-3/h5-6,9-10,18,26H,4,7-8,11H2,1-3H3,(H,27,28)/t18-,20?/m1/s1. The summed E-state index contributed by atoms with van der Waals surface area (Å²) >= 11 is 0. The van der Waals surface area contributed by atoms with Gasteiger partial charge in [0.1, 0.15) is 23.4 Å². The molecule has 1 aromatic heterocycles. The highest BCUT2D eigenvalue weighted by molar-refractivity contribution is 5.70. The molecule has 0 radical (unpaired) electrons. The monoisotopic (exact) mass is 427 g/mol. The van der Waals surface area contributed by atoms with Gasteiger partial charge in [-0.3, -0.25) is 0 Å². The molecule has 0 saturated carbocycles. The molecule has 2 aromatic rings. The third-order valence-corrected chi connectivity index (χ3v) is 5.64. The molecule has 3 rings (SSSR count). The highest BCUT2D eigenvalue weighted by Gasteiger charge is 2.41. The number of amides is 1. The van der Waals surface area contributed by atoms with Crippen LogP contribution in [0.25, 0.3) is 11.3 Å². The number of hydrogen-bond donors (Lipinski definition) is 2. The number of piperidine rings is 1. The highest BCUT2D eigenvalue weighted by atomic mass is 19.4. The minimum absolute atomic E-state index is 0.00393. The SMILES string of the molecule is COc1cc(C(F)(F)F)ccc1-c1oc([C@@H](O)C2(C)CCCN(C(=O)O)C2)cc1C. The predicted octanol–water partition coefficient (Wildman–Crippen LogP) is 5.10. The zero-order valence-electron chi connectivity index (χ0n) is 16.9. The Morgan fingerprint density at radius 3 is 2.63 bits per heavy atom. The molecule has 1 unspecified atom stereocenters. The van der Waals surface area contributed by atoms with Gasteiger partial charge in [-0.2, -0.15) is 13.2 Å². The predicted molar refractivity (Wildman–Crippen MR) is 102 cm³/mol. The van der Waals surface area contributed by atoms with Crippen LogP contribution in [-0.4, -0.2) is 41.4 Å². The number of ether oxygens (including phenoxy) is 1. The number of nitrogens with zero attached hydrogens (tertiary/aromatic N) is 1. The van der Waals surface area contributed by atoms with Crippen molar-refractivity contribution >= 4 is 6.09 Å². The Labute approximate surface area is 171 Å². The minimum atomic E-state index is -4.50. The van der Waals surface area contributed by atoms with Gasteiger partial charge in [-0.05, 0) is 49.6 Å². The Hall–Kier alpha value is -2.68. The van der Waals surface area contributed by atoms with Crippen LogP contribution in [0.3, 0.4) is 0 Å². The summed E-state index contributed by atoms with van der Waals surface area (Å²) in [4.78, 5) is 12.6. The molecule has 164 valence electrons. The molecule has 0 aliphatic carbocycles. The van der Waals surface area contributed by atoms with E-state index in [0.717, 1.165) is 12.1 Å². The Kier molecular flexibility index (Phi) is 5.77. The second kappa shape index (κ2) is 7.86. The average molecular weight is 427 g/mol. The van der Waals surface area contributed by atoms with E-state index < -0.39 is 29.4 Å². The second-order valence-corrected chi connectivity index (χ2v) is 7.94. The van der Waals surface area contributed by atoms with E-state index in [1.807, 2.05) is 0 Å². The number of hydrogen-bond acceptors (Lipinski definition) is 4. The van der Waals surface area contributed by atoms with Gasteiger partial charge in [-0.1, -0.05) is 6.92 Å². The number of rotatable bonds is 4. The van der Waals surface area contributed by atoms with E-state index in [-0.39, 0.29) is 18.1 Å². The fourth-order valence-electron chi connectivity index (χ4n) is 3.96. The van der Waals surface area contributed by atoms with Gasteiger partial charge in [-0.15, -0.1) is 0 Å². The Morgan fingerprint density at radius 2 is 2.03 bits per heavy atom. The molecule has 9 heteroatoms. The summed E-state index contributed by atoms with van der Waals surface area (Å²) in [6.45, 7) is 4.08. The Balaban J connectivity index is 1.95. The number of furan rings is 1. The van der Waals surface area contributed by atoms with Gasteiger partial charge in [0, 0.05) is 18.5 Å². The normalized spacial score (nSPS) is 20.8. The second-order valence-electron chi connectivity index (χ2n) is 7.94. The van der Waals surface area contributed by atoms with E-state index >= 15 is 0 Å². The first kappa shape index (κ1) is 22.0. The van der Waals surface area contributed by atoms with Gasteiger partial charge in [0.2, 0.25) is 0 Å². The molecule has 30 heavy (non-hydrogen) atoms. The number of aliphatic hydroxyl groups is 1. The van der Waals surface area contributed by atoms with E-state index in [0.29, 0.717) is 36.3 Å². The first-order valence-corrected chi connectivity index (χ1v) is 9.48. The van der Waals surface area contributed by atoms with Crippen molar-refractivity contribution in [3.05, 3.63) is 41.2 Å². The number of carbonyl (C=O) groups is 1. The molecule has 1 amide bonds. The summed E-state index contributed by atoms with van der Waals surface area (Å²) in [5.41, 5.74) is -0.627. The molecule has 2 N–H and O–H groups in total. The number of likely N-dealkylation sites (tertiary alicyclic amines) is 1. The van der Waals surface area contributed by atoms with Crippen molar-refractivity contribution < 1.29 is 37.3 Å². The highest BCUT2D eigenvalue weighted by Crippen LogP contribution is 2.45. The van der Waals surface area contributed by atoms with Gasteiger partial charge in [0.25, 0.3) is 0 Å². The molecule has 6 nitrogen and oxygen atoms in total. The molecule has 1 aromatic carbocycles. The molecule has 1 aliphatic rings. The van der Waals surface area contributed by atoms with E-state index in [2.05, 4.69) is 0 Å². The molecular formula is C21H24F3NO5. The number of carboxylic acid groups (broad SMARTS) is 1. The topological polar surface area (TPSA) is 83.1 Å². The maximum absolute atomic E-state index is 13.0. The zero-order chi connectivity index (χ0) is 22.3. The van der Waals surface area contributed by atoms with Gasteiger partial charge in [-0.25, -0.2) is 4.79 Å². The van der Waals surface area contributed by atoms with Crippen molar-refractivity contribution in [2.24, 2.45) is 5.41 Å². The summed E-state index contributed by atoms with van der Waals surface area (Å²) in [6, 6.07) is 4.75. The summed E-state index contributed by atoms with van der Waals surface area (Å²) in [7, 11) is 1.27. The Morgan fingerprint density at radius 1 is 1.33 bits per heavy atom. The van der Waals surface area contributed by atoms with Crippen molar-refractivity contribution in [3.63, 3.8) is 0 Å². The minimum Gasteiger partial charge on any atom is -0.496 e. The largest absolute Gasteiger partial charge is 0.496 e. The first-order chi connectivity index (χ1) is 14.0. The van der Waals surface area contributed by atoms with Gasteiger partial charge >= 0.3 is 12.3 Å². The smallest absolute Gasteiger partial charge is 0.416 e. The van der Waals surface area contributed by atoms with Crippen LogP contribution in [0.15, 0.2) is 28.7 Å². The van der Waals surface area contributed by atoms with Crippen molar-refractivity contribution in [2.75, 3.05) is 20.2 Å². The maximum atomic E-state index is 13.0. The zero-order valence-corrected chi connectivity index (χ0v) is 16.9. The van der Waals surface area contributed by atoms with E-state index in [4.69, 9.17) is 9.15 Å². The average Bonchev–Trinajstić information content (AvgIpc) is 3.07. The number of halogens is 3.